The number of benzene rings is 1. The van der Waals surface area contributed by atoms with E-state index in [1.165, 1.54) is 7.11 Å². The smallest absolute Gasteiger partial charge is 0.289 e. The van der Waals surface area contributed by atoms with Crippen LogP contribution in [0.1, 0.15) is 15.9 Å². The maximum Gasteiger partial charge on any atom is 0.289 e. The highest BCUT2D eigenvalue weighted by Gasteiger charge is 2.21. The highest BCUT2D eigenvalue weighted by Crippen LogP contribution is 2.36. The topological polar surface area (TPSA) is 69.4 Å². The minimum Gasteiger partial charge on any atom is -0.380 e. The van der Waals surface area contributed by atoms with Crippen molar-refractivity contribution < 1.29 is 14.5 Å². The minimum absolute atomic E-state index is 0.0392. The number of hydrogen-bond acceptors (Lipinski definition) is 4. The largest absolute Gasteiger partial charge is 0.380 e. The van der Waals surface area contributed by atoms with Crippen LogP contribution >= 0.6 is 27.5 Å². The lowest BCUT2D eigenvalue weighted by Gasteiger charge is -2.08. The molecule has 0 saturated heterocycles. The van der Waals surface area contributed by atoms with E-state index in [2.05, 4.69) is 15.9 Å². The summed E-state index contributed by atoms with van der Waals surface area (Å²) >= 11 is 8.91. The number of nitro groups is 1. The van der Waals surface area contributed by atoms with E-state index < -0.39 is 4.92 Å². The molecule has 0 radical (unpaired) electrons. The molecule has 0 atom stereocenters. The molecule has 0 aliphatic heterocycles. The summed E-state index contributed by atoms with van der Waals surface area (Å²) in [6, 6.07) is 1.13. The van der Waals surface area contributed by atoms with E-state index >= 15 is 0 Å². The zero-order valence-electron chi connectivity index (χ0n) is 8.20. The van der Waals surface area contributed by atoms with Gasteiger partial charge in [-0.2, -0.15) is 0 Å². The molecule has 0 saturated carbocycles. The zero-order valence-corrected chi connectivity index (χ0v) is 10.5. The van der Waals surface area contributed by atoms with Crippen LogP contribution in [-0.2, 0) is 11.3 Å². The van der Waals surface area contributed by atoms with Crippen molar-refractivity contribution in [2.24, 2.45) is 0 Å². The number of methoxy groups -OCH3 is 1. The fourth-order valence-corrected chi connectivity index (χ4v) is 1.98. The number of carbonyl (C=O) groups is 1. The minimum atomic E-state index is -0.642. The predicted octanol–water partition coefficient (Wildman–Crippen LogP) is 2.97. The zero-order chi connectivity index (χ0) is 12.3. The fraction of sp³-hybridized carbons (Fsp3) is 0.222. The first-order valence-corrected chi connectivity index (χ1v) is 5.29. The second kappa shape index (κ2) is 5.38. The van der Waals surface area contributed by atoms with E-state index in [-0.39, 0.29) is 22.9 Å². The number of aldehydes is 1. The maximum atomic E-state index is 10.8. The molecule has 0 fully saturated rings. The Labute approximate surface area is 105 Å². The summed E-state index contributed by atoms with van der Waals surface area (Å²) in [5, 5.41) is 10.6. The van der Waals surface area contributed by atoms with Crippen molar-refractivity contribution in [1.29, 1.82) is 0 Å². The molecule has 0 bridgehead atoms. The van der Waals surface area contributed by atoms with Crippen molar-refractivity contribution in [3.63, 3.8) is 0 Å². The lowest BCUT2D eigenvalue weighted by atomic mass is 10.1. The van der Waals surface area contributed by atoms with Crippen molar-refractivity contribution in [3.05, 3.63) is 36.8 Å². The van der Waals surface area contributed by atoms with Gasteiger partial charge in [0.25, 0.3) is 5.69 Å². The van der Waals surface area contributed by atoms with E-state index in [0.29, 0.717) is 16.3 Å². The molecule has 0 aliphatic rings. The Morgan fingerprint density at radius 2 is 2.31 bits per heavy atom. The summed E-state index contributed by atoms with van der Waals surface area (Å²) in [6.45, 7) is 0.145. The van der Waals surface area contributed by atoms with Crippen LogP contribution in [0.2, 0.25) is 5.02 Å². The Kier molecular flexibility index (Phi) is 4.40. The molecular weight excluding hydrogens is 301 g/mol. The van der Waals surface area contributed by atoms with Crippen LogP contribution in [-0.4, -0.2) is 18.3 Å². The van der Waals surface area contributed by atoms with Gasteiger partial charge in [0.1, 0.15) is 5.02 Å². The number of carbonyl (C=O) groups excluding carboxylic acids is 1. The molecule has 16 heavy (non-hydrogen) atoms. The van der Waals surface area contributed by atoms with Crippen LogP contribution in [0.4, 0.5) is 5.69 Å². The van der Waals surface area contributed by atoms with Gasteiger partial charge in [0.2, 0.25) is 0 Å². The molecule has 0 aromatic heterocycles. The first-order chi connectivity index (χ1) is 7.52. The lowest BCUT2D eigenvalue weighted by Crippen LogP contribution is -2.00. The van der Waals surface area contributed by atoms with Crippen LogP contribution in [0, 0.1) is 10.1 Å². The van der Waals surface area contributed by atoms with E-state index in [1.807, 2.05) is 0 Å². The molecule has 0 aliphatic carbocycles. The quantitative estimate of drug-likeness (QED) is 0.487. The summed E-state index contributed by atoms with van der Waals surface area (Å²) in [5.41, 5.74) is 0.369. The summed E-state index contributed by atoms with van der Waals surface area (Å²) in [6.07, 6.45) is 0.530. The van der Waals surface area contributed by atoms with E-state index in [9.17, 15) is 14.9 Å². The summed E-state index contributed by atoms with van der Waals surface area (Å²) in [7, 11) is 1.45. The van der Waals surface area contributed by atoms with Crippen LogP contribution in [0.5, 0.6) is 0 Å². The first-order valence-electron chi connectivity index (χ1n) is 4.12. The van der Waals surface area contributed by atoms with E-state index in [1.54, 1.807) is 0 Å². The standard InChI is InChI=1S/C9H7BrClNO4/c1-16-4-6-5(3-13)2-7(12(14)15)9(11)8(6)10/h2-3H,4H2,1H3. The molecule has 7 heteroatoms. The third-order valence-electron chi connectivity index (χ3n) is 1.94. The Morgan fingerprint density at radius 1 is 1.69 bits per heavy atom. The number of rotatable bonds is 4. The number of nitro benzene ring substituents is 1. The van der Waals surface area contributed by atoms with Gasteiger partial charge in [-0.15, -0.1) is 0 Å². The average Bonchev–Trinajstić information content (AvgIpc) is 2.25. The summed E-state index contributed by atoms with van der Waals surface area (Å²) in [5.74, 6) is 0. The normalized spacial score (nSPS) is 10.2. The number of nitrogens with zero attached hydrogens (tertiary/aromatic N) is 1. The number of ether oxygens (including phenoxy) is 1. The Hall–Kier alpha value is -0.980. The highest BCUT2D eigenvalue weighted by molar-refractivity contribution is 9.10. The molecule has 0 N–H and O–H groups in total. The van der Waals surface area contributed by atoms with Crippen molar-refractivity contribution in [2.75, 3.05) is 7.11 Å². The predicted molar refractivity (Wildman–Crippen MR) is 61.9 cm³/mol. The van der Waals surface area contributed by atoms with Crippen molar-refractivity contribution >= 4 is 39.5 Å². The van der Waals surface area contributed by atoms with Gasteiger partial charge in [-0.3, -0.25) is 14.9 Å². The third kappa shape index (κ3) is 2.40. The van der Waals surface area contributed by atoms with Gasteiger partial charge in [-0.25, -0.2) is 0 Å². The number of hydrogen-bond donors (Lipinski definition) is 0. The molecule has 5 nitrogen and oxygen atoms in total. The van der Waals surface area contributed by atoms with Crippen LogP contribution in [0.25, 0.3) is 0 Å². The van der Waals surface area contributed by atoms with Gasteiger partial charge in [0, 0.05) is 28.8 Å². The van der Waals surface area contributed by atoms with Gasteiger partial charge in [0.15, 0.2) is 6.29 Å². The number of halogens is 2. The van der Waals surface area contributed by atoms with Crippen LogP contribution in [0.3, 0.4) is 0 Å². The summed E-state index contributed by atoms with van der Waals surface area (Å²) < 4.78 is 5.20. The van der Waals surface area contributed by atoms with E-state index in [0.717, 1.165) is 6.07 Å². The molecule has 1 rings (SSSR count). The lowest BCUT2D eigenvalue weighted by molar-refractivity contribution is -0.384. The molecule has 1 aromatic rings. The molecule has 1 aromatic carbocycles. The van der Waals surface area contributed by atoms with Crippen molar-refractivity contribution in [3.8, 4) is 0 Å². The SMILES string of the molecule is COCc1c(C=O)cc([N+](=O)[O-])c(Cl)c1Br. The Bertz CT molecular complexity index is 450. The second-order valence-electron chi connectivity index (χ2n) is 2.90. The average molecular weight is 309 g/mol. The molecule has 0 heterocycles. The Balaban J connectivity index is 3.48. The maximum absolute atomic E-state index is 10.8. The summed E-state index contributed by atoms with van der Waals surface area (Å²) in [4.78, 5) is 20.8. The molecule has 0 spiro atoms. The molecular formula is C9H7BrClNO4. The Morgan fingerprint density at radius 3 is 2.75 bits per heavy atom. The van der Waals surface area contributed by atoms with Gasteiger partial charge >= 0.3 is 0 Å². The second-order valence-corrected chi connectivity index (χ2v) is 4.07. The van der Waals surface area contributed by atoms with Crippen LogP contribution < -0.4 is 0 Å². The molecule has 0 unspecified atom stereocenters. The molecule has 86 valence electrons. The van der Waals surface area contributed by atoms with Crippen molar-refractivity contribution in [2.45, 2.75) is 6.61 Å². The third-order valence-corrected chi connectivity index (χ3v) is 3.42. The first kappa shape index (κ1) is 13.1. The monoisotopic (exact) mass is 307 g/mol. The van der Waals surface area contributed by atoms with Crippen LogP contribution in [0.15, 0.2) is 10.5 Å². The highest BCUT2D eigenvalue weighted by atomic mass is 79.9. The van der Waals surface area contributed by atoms with E-state index in [4.69, 9.17) is 16.3 Å². The van der Waals surface area contributed by atoms with Crippen molar-refractivity contribution in [1.82, 2.24) is 0 Å². The molecule has 0 amide bonds. The van der Waals surface area contributed by atoms with Gasteiger partial charge in [-0.1, -0.05) is 11.6 Å². The fourth-order valence-electron chi connectivity index (χ4n) is 1.20. The van der Waals surface area contributed by atoms with Gasteiger partial charge in [-0.05, 0) is 15.9 Å². The van der Waals surface area contributed by atoms with Gasteiger partial charge in [0.05, 0.1) is 11.5 Å². The van der Waals surface area contributed by atoms with Gasteiger partial charge < -0.3 is 4.74 Å².